The SMILES string of the molecule is COc1ccc(-c2nc(N)nc3c2nnn3Cc2ccc(COC3CCOC3)cn2)o1. The van der Waals surface area contributed by atoms with Gasteiger partial charge in [0.15, 0.2) is 16.9 Å². The molecule has 0 saturated carbocycles. The van der Waals surface area contributed by atoms with E-state index >= 15 is 0 Å². The number of hydrogen-bond acceptors (Lipinski definition) is 10. The van der Waals surface area contributed by atoms with E-state index in [0.29, 0.717) is 48.3 Å². The Kier molecular flexibility index (Phi) is 5.18. The molecule has 4 aromatic rings. The second-order valence-corrected chi connectivity index (χ2v) is 7.13. The molecule has 1 atom stereocenters. The molecule has 11 heteroatoms. The second kappa shape index (κ2) is 8.28. The topological polar surface area (TPSA) is 136 Å². The van der Waals surface area contributed by atoms with E-state index in [2.05, 4.69) is 25.3 Å². The van der Waals surface area contributed by atoms with Crippen molar-refractivity contribution in [1.29, 1.82) is 0 Å². The number of ether oxygens (including phenoxy) is 3. The molecule has 5 rings (SSSR count). The molecule has 11 nitrogen and oxygen atoms in total. The summed E-state index contributed by atoms with van der Waals surface area (Å²) in [6.07, 6.45) is 2.89. The van der Waals surface area contributed by atoms with Crippen LogP contribution in [0, 0.1) is 0 Å². The number of nitrogens with zero attached hydrogens (tertiary/aromatic N) is 6. The van der Waals surface area contributed by atoms with E-state index in [9.17, 15) is 0 Å². The number of methoxy groups -OCH3 is 1. The summed E-state index contributed by atoms with van der Waals surface area (Å²) in [6, 6.07) is 7.35. The molecule has 31 heavy (non-hydrogen) atoms. The van der Waals surface area contributed by atoms with Gasteiger partial charge in [-0.3, -0.25) is 4.98 Å². The molecular weight excluding hydrogens is 402 g/mol. The largest absolute Gasteiger partial charge is 0.468 e. The van der Waals surface area contributed by atoms with Gasteiger partial charge in [0.25, 0.3) is 5.95 Å². The van der Waals surface area contributed by atoms with Crippen LogP contribution < -0.4 is 10.5 Å². The quantitative estimate of drug-likeness (QED) is 0.468. The summed E-state index contributed by atoms with van der Waals surface area (Å²) in [5.41, 5.74) is 9.16. The summed E-state index contributed by atoms with van der Waals surface area (Å²) in [5.74, 6) is 0.928. The monoisotopic (exact) mass is 423 g/mol. The van der Waals surface area contributed by atoms with Gasteiger partial charge in [-0.05, 0) is 24.1 Å². The van der Waals surface area contributed by atoms with E-state index in [1.807, 2.05) is 12.1 Å². The Morgan fingerprint density at radius 3 is 2.90 bits per heavy atom. The zero-order chi connectivity index (χ0) is 21.2. The summed E-state index contributed by atoms with van der Waals surface area (Å²) in [6.45, 7) is 2.30. The molecule has 5 heterocycles. The maximum Gasteiger partial charge on any atom is 0.284 e. The maximum absolute atomic E-state index is 5.93. The first-order valence-electron chi connectivity index (χ1n) is 9.83. The predicted octanol–water partition coefficient (Wildman–Crippen LogP) is 1.82. The van der Waals surface area contributed by atoms with Gasteiger partial charge in [0.2, 0.25) is 5.95 Å². The Labute approximate surface area is 177 Å². The normalized spacial score (nSPS) is 16.2. The third kappa shape index (κ3) is 4.05. The minimum Gasteiger partial charge on any atom is -0.468 e. The predicted molar refractivity (Wildman–Crippen MR) is 109 cm³/mol. The van der Waals surface area contributed by atoms with E-state index in [1.165, 1.54) is 7.11 Å². The minimum absolute atomic E-state index is 0.0952. The van der Waals surface area contributed by atoms with Crippen LogP contribution in [-0.4, -0.2) is 56.4 Å². The van der Waals surface area contributed by atoms with Crippen molar-refractivity contribution in [2.45, 2.75) is 25.7 Å². The number of hydrogen-bond donors (Lipinski definition) is 1. The number of aromatic nitrogens is 6. The van der Waals surface area contributed by atoms with Gasteiger partial charge in [-0.15, -0.1) is 5.10 Å². The van der Waals surface area contributed by atoms with Crippen LogP contribution in [0.3, 0.4) is 0 Å². The average Bonchev–Trinajstić information content (AvgIpc) is 3.54. The smallest absolute Gasteiger partial charge is 0.284 e. The summed E-state index contributed by atoms with van der Waals surface area (Å²) in [7, 11) is 1.52. The van der Waals surface area contributed by atoms with Gasteiger partial charge < -0.3 is 24.4 Å². The highest BCUT2D eigenvalue weighted by Crippen LogP contribution is 2.29. The molecule has 4 aromatic heterocycles. The molecule has 0 aliphatic carbocycles. The van der Waals surface area contributed by atoms with Crippen LogP contribution >= 0.6 is 0 Å². The maximum atomic E-state index is 5.93. The lowest BCUT2D eigenvalue weighted by molar-refractivity contribution is 0.0316. The molecule has 1 saturated heterocycles. The molecule has 2 N–H and O–H groups in total. The Morgan fingerprint density at radius 2 is 2.16 bits per heavy atom. The molecule has 0 bridgehead atoms. The number of rotatable bonds is 7. The molecule has 160 valence electrons. The van der Waals surface area contributed by atoms with Crippen molar-refractivity contribution >= 4 is 17.1 Å². The van der Waals surface area contributed by atoms with Crippen molar-refractivity contribution in [3.05, 3.63) is 41.7 Å². The number of fused-ring (bicyclic) bond motifs is 1. The minimum atomic E-state index is 0.0952. The molecule has 1 aliphatic heterocycles. The van der Waals surface area contributed by atoms with Crippen molar-refractivity contribution in [3.63, 3.8) is 0 Å². The fourth-order valence-electron chi connectivity index (χ4n) is 3.35. The molecule has 1 fully saturated rings. The first kappa shape index (κ1) is 19.4. The van der Waals surface area contributed by atoms with E-state index < -0.39 is 0 Å². The van der Waals surface area contributed by atoms with Crippen molar-refractivity contribution in [2.75, 3.05) is 26.1 Å². The standard InChI is InChI=1S/C20H21N7O4/c1-28-16-5-4-15(31-16)17-18-19(24-20(21)23-17)27(26-25-18)9-13-3-2-12(8-22-13)10-30-14-6-7-29-11-14/h2-5,8,14H,6-7,9-11H2,1H3,(H2,21,23,24). The molecule has 1 unspecified atom stereocenters. The molecule has 0 spiro atoms. The van der Waals surface area contributed by atoms with E-state index in [4.69, 9.17) is 24.4 Å². The Balaban J connectivity index is 1.35. The van der Waals surface area contributed by atoms with Crippen molar-refractivity contribution in [2.24, 2.45) is 0 Å². The van der Waals surface area contributed by atoms with Gasteiger partial charge in [-0.25, -0.2) is 9.67 Å². The van der Waals surface area contributed by atoms with Gasteiger partial charge >= 0.3 is 0 Å². The van der Waals surface area contributed by atoms with Gasteiger partial charge in [-0.1, -0.05) is 11.3 Å². The number of nitrogen functional groups attached to an aromatic ring is 1. The third-order valence-electron chi connectivity index (χ3n) is 4.97. The summed E-state index contributed by atoms with van der Waals surface area (Å²) >= 11 is 0. The van der Waals surface area contributed by atoms with Crippen LogP contribution in [0.25, 0.3) is 22.6 Å². The first-order valence-corrected chi connectivity index (χ1v) is 9.83. The Hall–Kier alpha value is -3.57. The zero-order valence-electron chi connectivity index (χ0n) is 16.9. The van der Waals surface area contributed by atoms with Crippen LogP contribution in [0.15, 0.2) is 34.9 Å². The zero-order valence-corrected chi connectivity index (χ0v) is 16.9. The summed E-state index contributed by atoms with van der Waals surface area (Å²) < 4.78 is 23.5. The van der Waals surface area contributed by atoms with Crippen LogP contribution in [0.4, 0.5) is 5.95 Å². The van der Waals surface area contributed by atoms with E-state index in [1.54, 1.807) is 23.0 Å². The van der Waals surface area contributed by atoms with Gasteiger partial charge in [0.05, 0.1) is 38.7 Å². The van der Waals surface area contributed by atoms with Crippen molar-refractivity contribution in [3.8, 4) is 17.4 Å². The summed E-state index contributed by atoms with van der Waals surface area (Å²) in [5, 5.41) is 8.44. The Bertz CT molecular complexity index is 1180. The highest BCUT2D eigenvalue weighted by atomic mass is 16.6. The van der Waals surface area contributed by atoms with Gasteiger partial charge in [0, 0.05) is 18.9 Å². The van der Waals surface area contributed by atoms with E-state index in [0.717, 1.165) is 24.3 Å². The van der Waals surface area contributed by atoms with Gasteiger partial charge in [0.1, 0.15) is 5.69 Å². The lowest BCUT2D eigenvalue weighted by atomic mass is 10.2. The lowest BCUT2D eigenvalue weighted by Crippen LogP contribution is -2.12. The van der Waals surface area contributed by atoms with Crippen LogP contribution in [0.1, 0.15) is 17.7 Å². The van der Waals surface area contributed by atoms with Crippen LogP contribution in [-0.2, 0) is 22.6 Å². The fraction of sp³-hybridized carbons (Fsp3) is 0.350. The molecule has 0 radical (unpaired) electrons. The average molecular weight is 423 g/mol. The third-order valence-corrected chi connectivity index (χ3v) is 4.97. The molecular formula is C20H21N7O4. The number of pyridine rings is 1. The number of furan rings is 1. The highest BCUT2D eigenvalue weighted by molar-refractivity contribution is 5.86. The Morgan fingerprint density at radius 1 is 1.23 bits per heavy atom. The molecule has 0 aromatic carbocycles. The fourth-order valence-corrected chi connectivity index (χ4v) is 3.35. The number of nitrogens with two attached hydrogens (primary N) is 1. The lowest BCUT2D eigenvalue weighted by Gasteiger charge is -2.10. The van der Waals surface area contributed by atoms with Crippen molar-refractivity contribution in [1.82, 2.24) is 29.9 Å². The number of anilines is 1. The summed E-state index contributed by atoms with van der Waals surface area (Å²) in [4.78, 5) is 13.1. The highest BCUT2D eigenvalue weighted by Gasteiger charge is 2.19. The van der Waals surface area contributed by atoms with Crippen LogP contribution in [0.2, 0.25) is 0 Å². The van der Waals surface area contributed by atoms with Crippen LogP contribution in [0.5, 0.6) is 5.95 Å². The second-order valence-electron chi connectivity index (χ2n) is 7.13. The van der Waals surface area contributed by atoms with E-state index in [-0.39, 0.29) is 12.1 Å². The molecule has 0 amide bonds. The molecule has 1 aliphatic rings. The van der Waals surface area contributed by atoms with Gasteiger partial charge in [-0.2, -0.15) is 4.98 Å². The van der Waals surface area contributed by atoms with Crippen molar-refractivity contribution < 1.29 is 18.6 Å². The first-order chi connectivity index (χ1) is 15.2.